The van der Waals surface area contributed by atoms with Crippen LogP contribution in [0.25, 0.3) is 0 Å². The number of halogens is 1. The second-order valence-electron chi connectivity index (χ2n) is 7.36. The number of hydrogen-bond acceptors (Lipinski definition) is 4. The van der Waals surface area contributed by atoms with Crippen LogP contribution in [0.3, 0.4) is 0 Å². The molecule has 0 unspecified atom stereocenters. The van der Waals surface area contributed by atoms with Gasteiger partial charge in [0.05, 0.1) is 12.6 Å². The van der Waals surface area contributed by atoms with Crippen molar-refractivity contribution in [2.75, 3.05) is 11.4 Å². The predicted molar refractivity (Wildman–Crippen MR) is 111 cm³/mol. The summed E-state index contributed by atoms with van der Waals surface area (Å²) in [5.74, 6) is -1.54. The molecule has 1 heterocycles. The number of anilines is 1. The number of carbonyl (C=O) groups excluding carboxylic acids is 3. The highest BCUT2D eigenvalue weighted by atomic mass is 19.1. The lowest BCUT2D eigenvalue weighted by Gasteiger charge is -2.39. The Balaban J connectivity index is 1.60. The number of nitrogens with zero attached hydrogens (tertiary/aromatic N) is 1. The first-order valence-corrected chi connectivity index (χ1v) is 9.82. The van der Waals surface area contributed by atoms with Gasteiger partial charge in [-0.2, -0.15) is 0 Å². The Labute approximate surface area is 174 Å². The number of benzene rings is 2. The fourth-order valence-corrected chi connectivity index (χ4v) is 3.19. The summed E-state index contributed by atoms with van der Waals surface area (Å²) >= 11 is 0. The van der Waals surface area contributed by atoms with Crippen molar-refractivity contribution in [1.29, 1.82) is 0 Å². The average Bonchev–Trinajstić information content (AvgIpc) is 2.74. The van der Waals surface area contributed by atoms with Crippen molar-refractivity contribution in [2.24, 2.45) is 5.73 Å². The van der Waals surface area contributed by atoms with Crippen molar-refractivity contribution in [1.82, 2.24) is 10.6 Å². The molecule has 3 rings (SSSR count). The predicted octanol–water partition coefficient (Wildman–Crippen LogP) is 1.12. The third-order valence-electron chi connectivity index (χ3n) is 5.00. The second kappa shape index (κ2) is 9.49. The van der Waals surface area contributed by atoms with Gasteiger partial charge < -0.3 is 21.3 Å². The summed E-state index contributed by atoms with van der Waals surface area (Å²) in [5.41, 5.74) is 7.22. The monoisotopic (exact) mass is 412 g/mol. The van der Waals surface area contributed by atoms with Gasteiger partial charge in [-0.1, -0.05) is 30.3 Å². The fourth-order valence-electron chi connectivity index (χ4n) is 3.19. The van der Waals surface area contributed by atoms with Crippen LogP contribution >= 0.6 is 0 Å². The van der Waals surface area contributed by atoms with Crippen molar-refractivity contribution >= 4 is 23.4 Å². The molecule has 1 saturated heterocycles. The molecule has 8 heteroatoms. The van der Waals surface area contributed by atoms with E-state index in [1.807, 2.05) is 30.3 Å². The molecule has 2 aromatic rings. The summed E-state index contributed by atoms with van der Waals surface area (Å²) in [4.78, 5) is 38.7. The zero-order chi connectivity index (χ0) is 21.7. The van der Waals surface area contributed by atoms with Gasteiger partial charge in [0.2, 0.25) is 11.8 Å². The van der Waals surface area contributed by atoms with Crippen molar-refractivity contribution in [3.8, 4) is 0 Å². The summed E-state index contributed by atoms with van der Waals surface area (Å²) in [7, 11) is 0. The Kier molecular flexibility index (Phi) is 6.79. The van der Waals surface area contributed by atoms with Crippen LogP contribution < -0.4 is 21.3 Å². The van der Waals surface area contributed by atoms with Gasteiger partial charge in [-0.05, 0) is 49.6 Å². The molecule has 1 fully saturated rings. The highest BCUT2D eigenvalue weighted by Crippen LogP contribution is 2.22. The van der Waals surface area contributed by atoms with E-state index in [4.69, 9.17) is 5.73 Å². The van der Waals surface area contributed by atoms with Crippen LogP contribution in [0.2, 0.25) is 0 Å². The van der Waals surface area contributed by atoms with Gasteiger partial charge in [-0.3, -0.25) is 14.4 Å². The van der Waals surface area contributed by atoms with Crippen molar-refractivity contribution in [3.63, 3.8) is 0 Å². The highest BCUT2D eigenvalue weighted by molar-refractivity contribution is 6.06. The molecule has 158 valence electrons. The van der Waals surface area contributed by atoms with Crippen LogP contribution in [0.4, 0.5) is 10.1 Å². The molecule has 0 aliphatic carbocycles. The maximum absolute atomic E-state index is 13.1. The Morgan fingerprint density at radius 2 is 1.80 bits per heavy atom. The normalized spacial score (nSPS) is 17.6. The molecule has 3 atom stereocenters. The summed E-state index contributed by atoms with van der Waals surface area (Å²) in [5, 5.41) is 5.36. The van der Waals surface area contributed by atoms with E-state index in [1.165, 1.54) is 36.1 Å². The molecule has 0 spiro atoms. The van der Waals surface area contributed by atoms with E-state index < -0.39 is 29.9 Å². The minimum Gasteiger partial charge on any atom is -0.343 e. The summed E-state index contributed by atoms with van der Waals surface area (Å²) in [6.45, 7) is 1.82. The van der Waals surface area contributed by atoms with Gasteiger partial charge in [-0.25, -0.2) is 4.39 Å². The Morgan fingerprint density at radius 3 is 2.40 bits per heavy atom. The first-order valence-electron chi connectivity index (χ1n) is 9.82. The van der Waals surface area contributed by atoms with Gasteiger partial charge in [0.1, 0.15) is 17.9 Å². The van der Waals surface area contributed by atoms with Crippen LogP contribution in [0.1, 0.15) is 18.9 Å². The molecular weight excluding hydrogens is 387 g/mol. The third-order valence-corrected chi connectivity index (χ3v) is 5.00. The van der Waals surface area contributed by atoms with E-state index in [0.717, 1.165) is 5.56 Å². The van der Waals surface area contributed by atoms with Crippen LogP contribution in [0.5, 0.6) is 0 Å². The van der Waals surface area contributed by atoms with Crippen LogP contribution in [0, 0.1) is 5.82 Å². The molecular formula is C22H25FN4O3. The largest absolute Gasteiger partial charge is 0.343 e. The van der Waals surface area contributed by atoms with Gasteiger partial charge in [-0.15, -0.1) is 0 Å². The lowest BCUT2D eigenvalue weighted by Crippen LogP contribution is -2.66. The number of rotatable bonds is 8. The minimum atomic E-state index is -0.809. The molecule has 0 bridgehead atoms. The number of β-lactam (4-membered cyclic amide) rings is 1. The summed E-state index contributed by atoms with van der Waals surface area (Å²) in [6.07, 6.45) is 0.954. The number of aryl methyl sites for hydroxylation is 1. The van der Waals surface area contributed by atoms with Gasteiger partial charge in [0.15, 0.2) is 0 Å². The zero-order valence-electron chi connectivity index (χ0n) is 16.7. The lowest BCUT2D eigenvalue weighted by molar-refractivity contribution is -0.133. The first kappa shape index (κ1) is 21.4. The van der Waals surface area contributed by atoms with E-state index in [0.29, 0.717) is 18.5 Å². The number of amides is 3. The molecule has 1 aliphatic heterocycles. The van der Waals surface area contributed by atoms with E-state index >= 15 is 0 Å². The van der Waals surface area contributed by atoms with Crippen LogP contribution in [0.15, 0.2) is 54.6 Å². The SMILES string of the molecule is C[C@H](N)C(=O)N[C@@H](CCc1ccccc1)C(=O)N[C@@H]1CN(c2ccc(F)cc2)C1=O. The Hall–Kier alpha value is -3.26. The highest BCUT2D eigenvalue weighted by Gasteiger charge is 2.39. The molecule has 0 radical (unpaired) electrons. The smallest absolute Gasteiger partial charge is 0.251 e. The summed E-state index contributed by atoms with van der Waals surface area (Å²) in [6, 6.07) is 12.9. The van der Waals surface area contributed by atoms with Crippen molar-refractivity contribution in [3.05, 3.63) is 66.0 Å². The van der Waals surface area contributed by atoms with Gasteiger partial charge >= 0.3 is 0 Å². The molecule has 30 heavy (non-hydrogen) atoms. The standard InChI is InChI=1S/C22H25FN4O3/c1-14(24)20(28)25-18(12-7-15-5-3-2-4-6-15)21(29)26-19-13-27(22(19)30)17-10-8-16(23)9-11-17/h2-6,8-11,14,18-19H,7,12-13,24H2,1H3,(H,25,28)(H,26,29)/t14-,18-,19+/m0/s1. The first-order chi connectivity index (χ1) is 14.3. The van der Waals surface area contributed by atoms with E-state index in [9.17, 15) is 18.8 Å². The molecule has 2 aromatic carbocycles. The number of carbonyl (C=O) groups is 3. The maximum atomic E-state index is 13.1. The van der Waals surface area contributed by atoms with Crippen molar-refractivity contribution < 1.29 is 18.8 Å². The molecule has 0 aromatic heterocycles. The molecule has 7 nitrogen and oxygen atoms in total. The average molecular weight is 412 g/mol. The minimum absolute atomic E-state index is 0.281. The number of hydrogen-bond donors (Lipinski definition) is 3. The molecule has 4 N–H and O–H groups in total. The van der Waals surface area contributed by atoms with Crippen molar-refractivity contribution in [2.45, 2.75) is 37.9 Å². The second-order valence-corrected chi connectivity index (χ2v) is 7.36. The number of nitrogens with one attached hydrogen (secondary N) is 2. The Morgan fingerprint density at radius 1 is 1.13 bits per heavy atom. The van der Waals surface area contributed by atoms with E-state index in [2.05, 4.69) is 10.6 Å². The van der Waals surface area contributed by atoms with Gasteiger partial charge in [0.25, 0.3) is 5.91 Å². The van der Waals surface area contributed by atoms with E-state index in [1.54, 1.807) is 0 Å². The zero-order valence-corrected chi connectivity index (χ0v) is 16.7. The maximum Gasteiger partial charge on any atom is 0.251 e. The van der Waals surface area contributed by atoms with Gasteiger partial charge in [0, 0.05) is 5.69 Å². The summed E-state index contributed by atoms with van der Waals surface area (Å²) < 4.78 is 13.1. The lowest BCUT2D eigenvalue weighted by atomic mass is 10.0. The van der Waals surface area contributed by atoms with Crippen LogP contribution in [-0.4, -0.2) is 42.4 Å². The molecule has 0 saturated carbocycles. The molecule has 1 aliphatic rings. The quantitative estimate of drug-likeness (QED) is 0.565. The topological polar surface area (TPSA) is 105 Å². The third kappa shape index (κ3) is 5.21. The number of nitrogens with two attached hydrogens (primary N) is 1. The molecule has 3 amide bonds. The van der Waals surface area contributed by atoms with E-state index in [-0.39, 0.29) is 18.3 Å². The van der Waals surface area contributed by atoms with Crippen LogP contribution in [-0.2, 0) is 20.8 Å². The Bertz CT molecular complexity index is 902. The fraction of sp³-hybridized carbons (Fsp3) is 0.318.